The van der Waals surface area contributed by atoms with Gasteiger partial charge in [0.05, 0.1) is 29.8 Å². The van der Waals surface area contributed by atoms with Gasteiger partial charge in [-0.3, -0.25) is 4.31 Å². The van der Waals surface area contributed by atoms with Gasteiger partial charge >= 0.3 is 0 Å². The summed E-state index contributed by atoms with van der Waals surface area (Å²) in [5.74, 6) is 0. The molecule has 0 fully saturated rings. The second kappa shape index (κ2) is 8.73. The molecule has 4 aromatic carbocycles. The molecule has 0 saturated heterocycles. The first-order valence-corrected chi connectivity index (χ1v) is 12.3. The van der Waals surface area contributed by atoms with E-state index in [1.807, 2.05) is 42.5 Å². The van der Waals surface area contributed by atoms with Gasteiger partial charge in [0.2, 0.25) is 0 Å². The number of nitrogens with zero attached hydrogens (tertiary/aromatic N) is 2. The third-order valence-corrected chi connectivity index (χ3v) is 7.63. The van der Waals surface area contributed by atoms with Crippen molar-refractivity contribution in [3.63, 3.8) is 0 Å². The Morgan fingerprint density at radius 1 is 0.697 bits per heavy atom. The van der Waals surface area contributed by atoms with Gasteiger partial charge in [0, 0.05) is 21.8 Å². The molecule has 0 amide bonds. The third-order valence-electron chi connectivity index (χ3n) is 5.83. The van der Waals surface area contributed by atoms with Crippen LogP contribution in [0, 0.1) is 0 Å². The molecule has 0 aliphatic rings. The van der Waals surface area contributed by atoms with Gasteiger partial charge in [-0.25, -0.2) is 8.42 Å². The van der Waals surface area contributed by atoms with Gasteiger partial charge in [0.15, 0.2) is 0 Å². The van der Waals surface area contributed by atoms with Gasteiger partial charge < -0.3 is 9.67 Å². The Morgan fingerprint density at radius 2 is 1.18 bits per heavy atom. The molecule has 5 rings (SSSR count). The molecule has 0 spiro atoms. The molecule has 6 heteroatoms. The van der Waals surface area contributed by atoms with Crippen molar-refractivity contribution in [1.29, 1.82) is 0 Å². The maximum Gasteiger partial charge on any atom is 0.264 e. The largest absolute Gasteiger partial charge is 0.389 e. The van der Waals surface area contributed by atoms with Crippen molar-refractivity contribution in [3.05, 3.63) is 109 Å². The molecule has 1 aromatic heterocycles. The number of fused-ring (bicyclic) bond motifs is 3. The average molecular weight is 457 g/mol. The van der Waals surface area contributed by atoms with Crippen LogP contribution in [0.4, 0.5) is 5.69 Å². The minimum Gasteiger partial charge on any atom is -0.389 e. The summed E-state index contributed by atoms with van der Waals surface area (Å²) in [7, 11) is -3.85. The number of rotatable bonds is 7. The molecule has 5 aromatic rings. The van der Waals surface area contributed by atoms with Crippen LogP contribution in [0.25, 0.3) is 21.8 Å². The number of para-hydroxylation sites is 3. The third kappa shape index (κ3) is 3.99. The summed E-state index contributed by atoms with van der Waals surface area (Å²) in [5, 5.41) is 13.4. The van der Waals surface area contributed by atoms with Crippen LogP contribution in [-0.4, -0.2) is 30.7 Å². The number of hydrogen-bond donors (Lipinski definition) is 1. The zero-order chi connectivity index (χ0) is 22.8. The molecular weight excluding hydrogens is 432 g/mol. The molecule has 0 aliphatic carbocycles. The Balaban J connectivity index is 1.52. The van der Waals surface area contributed by atoms with Crippen LogP contribution in [0.1, 0.15) is 0 Å². The highest BCUT2D eigenvalue weighted by Gasteiger charge is 2.27. The average Bonchev–Trinajstić information content (AvgIpc) is 3.17. The van der Waals surface area contributed by atoms with Gasteiger partial charge in [0.25, 0.3) is 10.0 Å². The first-order chi connectivity index (χ1) is 16.1. The van der Waals surface area contributed by atoms with E-state index in [1.54, 1.807) is 54.6 Å². The predicted octanol–water partition coefficient (Wildman–Crippen LogP) is 5.05. The Morgan fingerprint density at radius 3 is 1.76 bits per heavy atom. The number of aliphatic hydroxyl groups is 1. The Hall–Kier alpha value is -3.61. The van der Waals surface area contributed by atoms with E-state index < -0.39 is 16.1 Å². The van der Waals surface area contributed by atoms with Crippen molar-refractivity contribution in [2.45, 2.75) is 17.5 Å². The molecule has 0 radical (unpaired) electrons. The van der Waals surface area contributed by atoms with Crippen LogP contribution < -0.4 is 4.31 Å². The molecule has 0 unspecified atom stereocenters. The van der Waals surface area contributed by atoms with Crippen LogP contribution in [-0.2, 0) is 16.6 Å². The fourth-order valence-electron chi connectivity index (χ4n) is 4.32. The fourth-order valence-corrected chi connectivity index (χ4v) is 5.84. The van der Waals surface area contributed by atoms with Gasteiger partial charge in [-0.05, 0) is 36.4 Å². The summed E-state index contributed by atoms with van der Waals surface area (Å²) in [6.07, 6.45) is -0.928. The molecule has 1 atom stereocenters. The number of anilines is 1. The van der Waals surface area contributed by atoms with E-state index >= 15 is 0 Å². The van der Waals surface area contributed by atoms with E-state index in [2.05, 4.69) is 16.7 Å². The topological polar surface area (TPSA) is 62.5 Å². The number of benzene rings is 4. The normalized spacial score (nSPS) is 12.8. The van der Waals surface area contributed by atoms with Crippen LogP contribution >= 0.6 is 0 Å². The lowest BCUT2D eigenvalue weighted by molar-refractivity contribution is 0.166. The lowest BCUT2D eigenvalue weighted by Gasteiger charge is -2.27. The van der Waals surface area contributed by atoms with Crippen LogP contribution in [0.5, 0.6) is 0 Å². The molecule has 0 saturated carbocycles. The lowest BCUT2D eigenvalue weighted by Crippen LogP contribution is -2.39. The summed E-state index contributed by atoms with van der Waals surface area (Å²) in [5.41, 5.74) is 2.53. The zero-order valence-corrected chi connectivity index (χ0v) is 18.8. The highest BCUT2D eigenvalue weighted by Crippen LogP contribution is 2.29. The van der Waals surface area contributed by atoms with E-state index in [1.165, 1.54) is 4.31 Å². The molecule has 0 bridgehead atoms. The van der Waals surface area contributed by atoms with E-state index in [4.69, 9.17) is 0 Å². The number of aliphatic hydroxyl groups excluding tert-OH is 1. The van der Waals surface area contributed by atoms with Gasteiger partial charge in [-0.1, -0.05) is 72.8 Å². The summed E-state index contributed by atoms with van der Waals surface area (Å²) in [4.78, 5) is 0.193. The minimum absolute atomic E-state index is 0.0674. The molecule has 166 valence electrons. The second-order valence-corrected chi connectivity index (χ2v) is 9.85. The van der Waals surface area contributed by atoms with Crippen molar-refractivity contribution in [1.82, 2.24) is 4.57 Å². The van der Waals surface area contributed by atoms with Crippen LogP contribution in [0.15, 0.2) is 114 Å². The Bertz CT molecular complexity index is 1440. The van der Waals surface area contributed by atoms with E-state index in [0.29, 0.717) is 5.69 Å². The lowest BCUT2D eigenvalue weighted by atomic mass is 10.2. The second-order valence-electron chi connectivity index (χ2n) is 7.98. The summed E-state index contributed by atoms with van der Waals surface area (Å²) in [6, 6.07) is 33.4. The number of sulfonamides is 1. The van der Waals surface area contributed by atoms with Crippen molar-refractivity contribution in [2.24, 2.45) is 0 Å². The summed E-state index contributed by atoms with van der Waals surface area (Å²) < 4.78 is 30.4. The maximum absolute atomic E-state index is 13.5. The molecule has 1 heterocycles. The Labute approximate surface area is 193 Å². The van der Waals surface area contributed by atoms with Gasteiger partial charge in [-0.15, -0.1) is 0 Å². The quantitative estimate of drug-likeness (QED) is 0.373. The highest BCUT2D eigenvalue weighted by molar-refractivity contribution is 7.92. The standard InChI is InChI=1S/C27H24N2O3S/c30-22(19-28-26-17-9-7-15-24(26)25-16-8-10-18-27(25)28)20-29(21-11-3-1-4-12-21)33(31,32)23-13-5-2-6-14-23/h1-18,22,30H,19-20H2/t22-/m0/s1. The Kier molecular flexibility index (Phi) is 5.62. The maximum atomic E-state index is 13.5. The predicted molar refractivity (Wildman–Crippen MR) is 133 cm³/mol. The van der Waals surface area contributed by atoms with Crippen molar-refractivity contribution < 1.29 is 13.5 Å². The van der Waals surface area contributed by atoms with Crippen molar-refractivity contribution in [2.75, 3.05) is 10.8 Å². The smallest absolute Gasteiger partial charge is 0.264 e. The van der Waals surface area contributed by atoms with E-state index in [9.17, 15) is 13.5 Å². The van der Waals surface area contributed by atoms with Gasteiger partial charge in [0.1, 0.15) is 0 Å². The molecule has 5 nitrogen and oxygen atoms in total. The molecule has 1 N–H and O–H groups in total. The van der Waals surface area contributed by atoms with E-state index in [-0.39, 0.29) is 18.0 Å². The first-order valence-electron chi connectivity index (χ1n) is 10.8. The summed E-state index contributed by atoms with van der Waals surface area (Å²) >= 11 is 0. The van der Waals surface area contributed by atoms with Crippen molar-refractivity contribution >= 4 is 37.5 Å². The zero-order valence-electron chi connectivity index (χ0n) is 18.0. The van der Waals surface area contributed by atoms with Crippen LogP contribution in [0.2, 0.25) is 0 Å². The monoisotopic (exact) mass is 456 g/mol. The minimum atomic E-state index is -3.85. The van der Waals surface area contributed by atoms with Crippen molar-refractivity contribution in [3.8, 4) is 0 Å². The molecule has 0 aliphatic heterocycles. The van der Waals surface area contributed by atoms with Gasteiger partial charge in [-0.2, -0.15) is 0 Å². The molecule has 33 heavy (non-hydrogen) atoms. The SMILES string of the molecule is O=S(=O)(c1ccccc1)N(C[C@@H](O)Cn1c2ccccc2c2ccccc21)c1ccccc1. The van der Waals surface area contributed by atoms with Crippen LogP contribution in [0.3, 0.4) is 0 Å². The summed E-state index contributed by atoms with van der Waals surface area (Å²) in [6.45, 7) is 0.198. The highest BCUT2D eigenvalue weighted by atomic mass is 32.2. The molecular formula is C27H24N2O3S. The first kappa shape index (κ1) is 21.2. The van der Waals surface area contributed by atoms with E-state index in [0.717, 1.165) is 21.8 Å². The number of aromatic nitrogens is 1. The fraction of sp³-hybridized carbons (Fsp3) is 0.111. The number of hydrogen-bond acceptors (Lipinski definition) is 3.